The van der Waals surface area contributed by atoms with Crippen LogP contribution in [0, 0.1) is 18.8 Å². The average molecular weight is 380 g/mol. The largest absolute Gasteiger partial charge is 0.304 e. The van der Waals surface area contributed by atoms with Gasteiger partial charge in [0.1, 0.15) is 0 Å². The lowest BCUT2D eigenvalue weighted by Crippen LogP contribution is -2.58. The molecule has 5 nitrogen and oxygen atoms in total. The smallest absolute Gasteiger partial charge is 0.240 e. The Kier molecular flexibility index (Phi) is 6.38. The third-order valence-corrected chi connectivity index (χ3v) is 7.68. The highest BCUT2D eigenvalue weighted by molar-refractivity contribution is 7.89. The van der Waals surface area contributed by atoms with Crippen LogP contribution in [0.25, 0.3) is 0 Å². The van der Waals surface area contributed by atoms with Crippen LogP contribution in [-0.4, -0.2) is 63.5 Å². The number of nitrogens with one attached hydrogen (secondary N) is 1. The number of rotatable bonds is 8. The van der Waals surface area contributed by atoms with E-state index in [1.165, 1.54) is 13.0 Å². The average Bonchev–Trinajstić information content (AvgIpc) is 2.65. The fourth-order valence-corrected chi connectivity index (χ4v) is 5.56. The number of aryl methyl sites for hydroxylation is 1. The van der Waals surface area contributed by atoms with Crippen molar-refractivity contribution in [3.8, 4) is 0 Å². The molecule has 0 saturated carbocycles. The number of hydrogen-bond acceptors (Lipinski definition) is 4. The minimum absolute atomic E-state index is 0.335. The summed E-state index contributed by atoms with van der Waals surface area (Å²) in [6, 6.07) is 7.40. The zero-order chi connectivity index (χ0) is 18.7. The topological polar surface area (TPSA) is 52.6 Å². The van der Waals surface area contributed by atoms with Crippen LogP contribution in [0.2, 0.25) is 0 Å². The van der Waals surface area contributed by atoms with Crippen LogP contribution in [0.5, 0.6) is 0 Å². The summed E-state index contributed by atoms with van der Waals surface area (Å²) in [5.74, 6) is 1.46. The lowest BCUT2D eigenvalue weighted by Gasteiger charge is -2.50. The minimum atomic E-state index is -3.42. The highest BCUT2D eigenvalue weighted by atomic mass is 32.2. The van der Waals surface area contributed by atoms with Crippen LogP contribution in [0.3, 0.4) is 0 Å². The molecule has 3 saturated heterocycles. The molecule has 4 atom stereocenters. The van der Waals surface area contributed by atoms with Crippen LogP contribution in [0.4, 0.5) is 0 Å². The molecule has 1 aromatic rings. The summed E-state index contributed by atoms with van der Waals surface area (Å²) in [4.78, 5) is 5.38. The molecule has 3 aliphatic rings. The molecule has 0 radical (unpaired) electrons. The molecular weight excluding hydrogens is 346 g/mol. The summed E-state index contributed by atoms with van der Waals surface area (Å²) in [5.41, 5.74) is 1.07. The third-order valence-electron chi connectivity index (χ3n) is 6.24. The number of hydrogen-bond donors (Lipinski definition) is 1. The van der Waals surface area contributed by atoms with Crippen molar-refractivity contribution in [3.63, 3.8) is 0 Å². The Balaban J connectivity index is 1.57. The van der Waals surface area contributed by atoms with Crippen LogP contribution < -0.4 is 4.72 Å². The number of benzene rings is 1. The molecule has 1 aromatic carbocycles. The van der Waals surface area contributed by atoms with Crippen molar-refractivity contribution in [2.75, 3.05) is 39.3 Å². The van der Waals surface area contributed by atoms with Crippen molar-refractivity contribution in [2.24, 2.45) is 11.8 Å². The van der Waals surface area contributed by atoms with E-state index in [-0.39, 0.29) is 0 Å². The fraction of sp³-hybridized carbons (Fsp3) is 0.700. The van der Waals surface area contributed by atoms with E-state index in [0.717, 1.165) is 50.0 Å². The Hall–Kier alpha value is -0.950. The summed E-state index contributed by atoms with van der Waals surface area (Å²) >= 11 is 0. The van der Waals surface area contributed by atoms with Crippen LogP contribution in [0.15, 0.2) is 29.2 Å². The molecule has 0 amide bonds. The van der Waals surface area contributed by atoms with Gasteiger partial charge in [-0.25, -0.2) is 13.1 Å². The molecule has 3 fully saturated rings. The molecule has 146 valence electrons. The van der Waals surface area contributed by atoms with Gasteiger partial charge in [0.15, 0.2) is 0 Å². The summed E-state index contributed by atoms with van der Waals surface area (Å²) in [6.07, 6.45) is 2.37. The highest BCUT2D eigenvalue weighted by Gasteiger charge is 2.40. The molecule has 3 aliphatic heterocycles. The maximum Gasteiger partial charge on any atom is 0.240 e. The van der Waals surface area contributed by atoms with Gasteiger partial charge in [0.2, 0.25) is 10.0 Å². The third kappa shape index (κ3) is 4.47. The molecule has 0 aromatic heterocycles. The van der Waals surface area contributed by atoms with Gasteiger partial charge < -0.3 is 4.90 Å². The van der Waals surface area contributed by atoms with Crippen molar-refractivity contribution < 1.29 is 8.42 Å². The number of sulfonamides is 1. The molecule has 6 heteroatoms. The molecule has 1 N–H and O–H groups in total. The number of piperidine rings is 3. The normalized spacial score (nSPS) is 28.6. The quantitative estimate of drug-likeness (QED) is 0.753. The van der Waals surface area contributed by atoms with E-state index < -0.39 is 10.0 Å². The second kappa shape index (κ2) is 8.38. The standard InChI is InChI=1S/C20H33N3O2S/c1-4-22(5-2)14-18-15-23-11-10-17(18)12-19(23)13-21-26(24,25)20-8-6-16(3)7-9-20/h6-9,17-19,21H,4-5,10-15H2,1-3H3/t17-,18+,19+/m0/s1. The van der Waals surface area contributed by atoms with E-state index in [2.05, 4.69) is 28.4 Å². The predicted molar refractivity (Wildman–Crippen MR) is 106 cm³/mol. The van der Waals surface area contributed by atoms with E-state index in [1.807, 2.05) is 19.1 Å². The molecule has 2 bridgehead atoms. The van der Waals surface area contributed by atoms with Crippen LogP contribution in [0.1, 0.15) is 32.3 Å². The zero-order valence-electron chi connectivity index (χ0n) is 16.3. The first-order chi connectivity index (χ1) is 12.4. The Bertz CT molecular complexity index is 686. The molecule has 0 spiro atoms. The first-order valence-electron chi connectivity index (χ1n) is 9.95. The maximum atomic E-state index is 12.5. The van der Waals surface area contributed by atoms with Gasteiger partial charge in [0.05, 0.1) is 4.90 Å². The summed E-state index contributed by atoms with van der Waals surface area (Å²) in [6.45, 7) is 12.6. The Morgan fingerprint density at radius 1 is 1.19 bits per heavy atom. The summed E-state index contributed by atoms with van der Waals surface area (Å²) in [7, 11) is -3.42. The van der Waals surface area contributed by atoms with E-state index in [1.54, 1.807) is 12.1 Å². The Labute approximate surface area is 158 Å². The first kappa shape index (κ1) is 19.8. The van der Waals surface area contributed by atoms with Crippen molar-refractivity contribution in [1.82, 2.24) is 14.5 Å². The fourth-order valence-electron chi connectivity index (χ4n) is 4.49. The lowest BCUT2D eigenvalue weighted by molar-refractivity contribution is -0.00911. The van der Waals surface area contributed by atoms with Gasteiger partial charge >= 0.3 is 0 Å². The van der Waals surface area contributed by atoms with E-state index in [0.29, 0.717) is 17.5 Å². The lowest BCUT2D eigenvalue weighted by atomic mass is 9.75. The molecule has 4 rings (SSSR count). The van der Waals surface area contributed by atoms with Crippen LogP contribution in [-0.2, 0) is 10.0 Å². The minimum Gasteiger partial charge on any atom is -0.304 e. The predicted octanol–water partition coefficient (Wildman–Crippen LogP) is 2.33. The Morgan fingerprint density at radius 3 is 2.46 bits per heavy atom. The molecule has 0 aliphatic carbocycles. The van der Waals surface area contributed by atoms with Gasteiger partial charge in [-0.15, -0.1) is 0 Å². The monoisotopic (exact) mass is 379 g/mol. The first-order valence-corrected chi connectivity index (χ1v) is 11.4. The molecule has 3 heterocycles. The summed E-state index contributed by atoms with van der Waals surface area (Å²) in [5, 5.41) is 0. The van der Waals surface area contributed by atoms with Crippen molar-refractivity contribution in [1.29, 1.82) is 0 Å². The number of fused-ring (bicyclic) bond motifs is 3. The van der Waals surface area contributed by atoms with Crippen molar-refractivity contribution >= 4 is 10.0 Å². The van der Waals surface area contributed by atoms with E-state index >= 15 is 0 Å². The van der Waals surface area contributed by atoms with Crippen molar-refractivity contribution in [3.05, 3.63) is 29.8 Å². The van der Waals surface area contributed by atoms with Gasteiger partial charge in [0, 0.05) is 25.7 Å². The SMILES string of the molecule is CCN(CC)C[C@@H]1CN2CC[C@H]1C[C@@H]2CNS(=O)(=O)c1ccc(C)cc1. The van der Waals surface area contributed by atoms with Gasteiger partial charge in [0.25, 0.3) is 0 Å². The van der Waals surface area contributed by atoms with Crippen molar-refractivity contribution in [2.45, 2.75) is 44.6 Å². The van der Waals surface area contributed by atoms with Gasteiger partial charge in [-0.3, -0.25) is 4.90 Å². The van der Waals surface area contributed by atoms with Gasteiger partial charge in [-0.1, -0.05) is 31.5 Å². The molecular formula is C20H33N3O2S. The Morgan fingerprint density at radius 2 is 1.88 bits per heavy atom. The zero-order valence-corrected chi connectivity index (χ0v) is 17.1. The molecule has 26 heavy (non-hydrogen) atoms. The second-order valence-corrected chi connectivity index (χ2v) is 9.61. The number of nitrogens with zero attached hydrogens (tertiary/aromatic N) is 2. The summed E-state index contributed by atoms with van der Waals surface area (Å²) < 4.78 is 27.9. The van der Waals surface area contributed by atoms with Gasteiger partial charge in [-0.05, 0) is 63.4 Å². The molecule has 1 unspecified atom stereocenters. The van der Waals surface area contributed by atoms with E-state index in [9.17, 15) is 8.42 Å². The highest BCUT2D eigenvalue weighted by Crippen LogP contribution is 2.36. The maximum absolute atomic E-state index is 12.5. The van der Waals surface area contributed by atoms with E-state index in [4.69, 9.17) is 0 Å². The van der Waals surface area contributed by atoms with Gasteiger partial charge in [-0.2, -0.15) is 0 Å². The second-order valence-electron chi connectivity index (χ2n) is 7.84. The van der Waals surface area contributed by atoms with Crippen LogP contribution >= 0.6 is 0 Å².